The van der Waals surface area contributed by atoms with E-state index in [0.717, 1.165) is 53.5 Å². The minimum absolute atomic E-state index is 0.521. The van der Waals surface area contributed by atoms with Gasteiger partial charge in [0, 0.05) is 16.9 Å². The van der Waals surface area contributed by atoms with Gasteiger partial charge >= 0.3 is 0 Å². The van der Waals surface area contributed by atoms with Crippen LogP contribution in [0.3, 0.4) is 0 Å². The second-order valence-corrected chi connectivity index (χ2v) is 9.29. The Balaban J connectivity index is 1.39. The van der Waals surface area contributed by atoms with E-state index in [1.807, 2.05) is 31.2 Å². The van der Waals surface area contributed by atoms with Crippen molar-refractivity contribution in [3.63, 3.8) is 0 Å². The lowest BCUT2D eigenvalue weighted by Gasteiger charge is -2.10. The lowest BCUT2D eigenvalue weighted by Crippen LogP contribution is -2.00. The standard InChI is InChI=1S/C28H31N3OS/c1-4-32-27-26(30-24-16-9-10-17-25(24)31-27)22-14-11-13-21(18-22)12-7-5-6-8-15-23-19-33-28(29-23)20(2)3/h7,9-14,16-20H,4-6,8,15H2,1-3H3/b12-7+. The van der Waals surface area contributed by atoms with Crippen LogP contribution in [0.2, 0.25) is 0 Å². The second-order valence-electron chi connectivity index (χ2n) is 8.40. The minimum atomic E-state index is 0.521. The topological polar surface area (TPSA) is 47.9 Å². The van der Waals surface area contributed by atoms with E-state index in [-0.39, 0.29) is 0 Å². The number of rotatable bonds is 10. The molecule has 33 heavy (non-hydrogen) atoms. The van der Waals surface area contributed by atoms with Crippen LogP contribution in [0.4, 0.5) is 0 Å². The lowest BCUT2D eigenvalue weighted by molar-refractivity contribution is 0.328. The maximum atomic E-state index is 5.82. The molecule has 0 bridgehead atoms. The van der Waals surface area contributed by atoms with E-state index in [0.29, 0.717) is 18.4 Å². The molecule has 2 heterocycles. The third-order valence-corrected chi connectivity index (χ3v) is 6.60. The van der Waals surface area contributed by atoms with E-state index in [1.165, 1.54) is 10.7 Å². The largest absolute Gasteiger partial charge is 0.476 e. The van der Waals surface area contributed by atoms with Gasteiger partial charge in [0.25, 0.3) is 0 Å². The molecule has 0 radical (unpaired) electrons. The number of aryl methyl sites for hydroxylation is 1. The molecule has 5 heteroatoms. The highest BCUT2D eigenvalue weighted by molar-refractivity contribution is 7.09. The monoisotopic (exact) mass is 457 g/mol. The summed E-state index contributed by atoms with van der Waals surface area (Å²) in [7, 11) is 0. The Kier molecular flexibility index (Phi) is 7.84. The van der Waals surface area contributed by atoms with Gasteiger partial charge in [0.05, 0.1) is 28.3 Å². The molecule has 0 fully saturated rings. The highest BCUT2D eigenvalue weighted by Gasteiger charge is 2.12. The number of para-hydroxylation sites is 2. The van der Waals surface area contributed by atoms with Crippen molar-refractivity contribution in [1.82, 2.24) is 15.0 Å². The number of fused-ring (bicyclic) bond motifs is 1. The van der Waals surface area contributed by atoms with Crippen LogP contribution in [0.5, 0.6) is 5.88 Å². The van der Waals surface area contributed by atoms with Crippen molar-refractivity contribution in [3.05, 3.63) is 76.3 Å². The van der Waals surface area contributed by atoms with Crippen molar-refractivity contribution in [2.75, 3.05) is 6.61 Å². The summed E-state index contributed by atoms with van der Waals surface area (Å²) in [6.07, 6.45) is 8.90. The zero-order valence-electron chi connectivity index (χ0n) is 19.6. The summed E-state index contributed by atoms with van der Waals surface area (Å²) in [5.74, 6) is 1.10. The summed E-state index contributed by atoms with van der Waals surface area (Å²) in [5.41, 5.74) is 5.92. The molecular formula is C28H31N3OS. The molecule has 0 unspecified atom stereocenters. The van der Waals surface area contributed by atoms with Crippen LogP contribution in [0.1, 0.15) is 62.2 Å². The summed E-state index contributed by atoms with van der Waals surface area (Å²) in [4.78, 5) is 14.3. The van der Waals surface area contributed by atoms with Crippen LogP contribution >= 0.6 is 11.3 Å². The maximum absolute atomic E-state index is 5.82. The summed E-state index contributed by atoms with van der Waals surface area (Å²) >= 11 is 1.78. The first-order valence-electron chi connectivity index (χ1n) is 11.7. The molecule has 4 rings (SSSR count). The van der Waals surface area contributed by atoms with Crippen LogP contribution in [0.15, 0.2) is 60.0 Å². The fraction of sp³-hybridized carbons (Fsp3) is 0.321. The van der Waals surface area contributed by atoms with Gasteiger partial charge < -0.3 is 4.74 Å². The van der Waals surface area contributed by atoms with Crippen molar-refractivity contribution < 1.29 is 4.74 Å². The third kappa shape index (κ3) is 6.05. The molecular weight excluding hydrogens is 426 g/mol. The normalized spacial score (nSPS) is 11.6. The summed E-state index contributed by atoms with van der Waals surface area (Å²) in [5, 5.41) is 3.46. The first-order valence-corrected chi connectivity index (χ1v) is 12.6. The summed E-state index contributed by atoms with van der Waals surface area (Å²) in [6.45, 7) is 6.93. The molecule has 0 saturated heterocycles. The molecule has 170 valence electrons. The van der Waals surface area contributed by atoms with Crippen LogP contribution < -0.4 is 4.74 Å². The Morgan fingerprint density at radius 1 is 0.970 bits per heavy atom. The van der Waals surface area contributed by atoms with Gasteiger partial charge in [0.1, 0.15) is 5.69 Å². The summed E-state index contributed by atoms with van der Waals surface area (Å²) < 4.78 is 5.82. The minimum Gasteiger partial charge on any atom is -0.476 e. The molecule has 0 N–H and O–H groups in total. The molecule has 4 nitrogen and oxygen atoms in total. The molecule has 0 aliphatic carbocycles. The molecule has 0 atom stereocenters. The maximum Gasteiger partial charge on any atom is 0.241 e. The van der Waals surface area contributed by atoms with Gasteiger partial charge in [-0.1, -0.05) is 56.3 Å². The van der Waals surface area contributed by atoms with E-state index >= 15 is 0 Å². The van der Waals surface area contributed by atoms with Gasteiger partial charge in [0.15, 0.2) is 0 Å². The number of benzene rings is 2. The SMILES string of the molecule is CCOc1nc2ccccc2nc1-c1cccc(/C=C/CCCCc2csc(C(C)C)n2)c1. The number of nitrogens with zero attached hydrogens (tertiary/aromatic N) is 3. The highest BCUT2D eigenvalue weighted by Crippen LogP contribution is 2.29. The average molecular weight is 458 g/mol. The Morgan fingerprint density at radius 3 is 2.55 bits per heavy atom. The predicted molar refractivity (Wildman–Crippen MR) is 139 cm³/mol. The van der Waals surface area contributed by atoms with E-state index in [1.54, 1.807) is 11.3 Å². The Labute approximate surface area is 200 Å². The average Bonchev–Trinajstić information content (AvgIpc) is 3.31. The van der Waals surface area contributed by atoms with Gasteiger partial charge in [-0.15, -0.1) is 11.3 Å². The van der Waals surface area contributed by atoms with Crippen LogP contribution in [0, 0.1) is 0 Å². The number of ether oxygens (including phenoxy) is 1. The third-order valence-electron chi connectivity index (χ3n) is 5.41. The van der Waals surface area contributed by atoms with Crippen LogP contribution in [0.25, 0.3) is 28.4 Å². The number of hydrogen-bond acceptors (Lipinski definition) is 5. The van der Waals surface area contributed by atoms with Gasteiger partial charge in [-0.25, -0.2) is 15.0 Å². The predicted octanol–water partition coefficient (Wildman–Crippen LogP) is 7.70. The van der Waals surface area contributed by atoms with Gasteiger partial charge in [0.2, 0.25) is 5.88 Å². The van der Waals surface area contributed by atoms with Gasteiger partial charge in [-0.05, 0) is 56.4 Å². The van der Waals surface area contributed by atoms with Gasteiger partial charge in [-0.2, -0.15) is 0 Å². The van der Waals surface area contributed by atoms with Crippen molar-refractivity contribution in [3.8, 4) is 17.1 Å². The van der Waals surface area contributed by atoms with Crippen LogP contribution in [-0.2, 0) is 6.42 Å². The smallest absolute Gasteiger partial charge is 0.241 e. The molecule has 2 aromatic heterocycles. The molecule has 0 saturated carbocycles. The first kappa shape index (κ1) is 23.1. The number of allylic oxidation sites excluding steroid dienone is 1. The fourth-order valence-electron chi connectivity index (χ4n) is 3.69. The quantitative estimate of drug-likeness (QED) is 0.229. The number of thiazole rings is 1. The fourth-order valence-corrected chi connectivity index (χ4v) is 4.56. The second kappa shape index (κ2) is 11.2. The van der Waals surface area contributed by atoms with Crippen molar-refractivity contribution in [2.45, 2.75) is 52.4 Å². The van der Waals surface area contributed by atoms with Crippen molar-refractivity contribution >= 4 is 28.4 Å². The van der Waals surface area contributed by atoms with E-state index in [4.69, 9.17) is 19.7 Å². The van der Waals surface area contributed by atoms with Crippen LogP contribution in [-0.4, -0.2) is 21.6 Å². The van der Waals surface area contributed by atoms with E-state index in [2.05, 4.69) is 55.6 Å². The Morgan fingerprint density at radius 2 is 1.79 bits per heavy atom. The number of aromatic nitrogens is 3. The lowest BCUT2D eigenvalue weighted by atomic mass is 10.1. The molecule has 2 aromatic carbocycles. The van der Waals surface area contributed by atoms with E-state index in [9.17, 15) is 0 Å². The number of hydrogen-bond donors (Lipinski definition) is 0. The summed E-state index contributed by atoms with van der Waals surface area (Å²) in [6, 6.07) is 16.3. The molecule has 0 amide bonds. The molecule has 0 aliphatic heterocycles. The first-order chi connectivity index (χ1) is 16.1. The number of unbranched alkanes of at least 4 members (excludes halogenated alkanes) is 2. The zero-order valence-corrected chi connectivity index (χ0v) is 20.4. The van der Waals surface area contributed by atoms with E-state index < -0.39 is 0 Å². The van der Waals surface area contributed by atoms with Crippen molar-refractivity contribution in [1.29, 1.82) is 0 Å². The molecule has 4 aromatic rings. The van der Waals surface area contributed by atoms with Gasteiger partial charge in [-0.3, -0.25) is 0 Å². The Hall–Kier alpha value is -3.05. The molecule has 0 spiro atoms. The highest BCUT2D eigenvalue weighted by atomic mass is 32.1. The van der Waals surface area contributed by atoms with Crippen molar-refractivity contribution in [2.24, 2.45) is 0 Å². The Bertz CT molecular complexity index is 1230. The zero-order chi connectivity index (χ0) is 23.0. The molecule has 0 aliphatic rings.